The summed E-state index contributed by atoms with van der Waals surface area (Å²) in [5.41, 5.74) is 1.06. The summed E-state index contributed by atoms with van der Waals surface area (Å²) in [5, 5.41) is 4.48. The van der Waals surface area contributed by atoms with Gasteiger partial charge in [0, 0.05) is 28.9 Å². The Kier molecular flexibility index (Phi) is 4.86. The number of nitrogens with zero attached hydrogens (tertiary/aromatic N) is 1. The molecule has 1 heterocycles. The number of benzene rings is 1. The van der Waals surface area contributed by atoms with Crippen molar-refractivity contribution in [2.75, 3.05) is 18.1 Å². The maximum absolute atomic E-state index is 11.3. The highest BCUT2D eigenvalue weighted by Crippen LogP contribution is 2.25. The van der Waals surface area contributed by atoms with Crippen LogP contribution >= 0.6 is 11.3 Å². The van der Waals surface area contributed by atoms with Crippen molar-refractivity contribution in [3.63, 3.8) is 0 Å². The van der Waals surface area contributed by atoms with Gasteiger partial charge in [0.25, 0.3) is 0 Å². The van der Waals surface area contributed by atoms with E-state index in [0.717, 1.165) is 22.8 Å². The second kappa shape index (κ2) is 6.41. The number of para-hydroxylation sites is 1. The molecule has 5 heteroatoms. The molecular formula is C13H18N2OS2. The maximum Gasteiger partial charge on any atom is 0.111 e. The lowest BCUT2D eigenvalue weighted by Crippen LogP contribution is -2.24. The number of fused-ring (bicyclic) bond motifs is 1. The summed E-state index contributed by atoms with van der Waals surface area (Å²) in [6.07, 6.45) is 0. The molecule has 0 aliphatic carbocycles. The molecule has 0 saturated carbocycles. The van der Waals surface area contributed by atoms with Gasteiger partial charge >= 0.3 is 0 Å². The Bertz CT molecular complexity index is 506. The Morgan fingerprint density at radius 3 is 2.94 bits per heavy atom. The summed E-state index contributed by atoms with van der Waals surface area (Å²) in [4.78, 5) is 4.61. The predicted molar refractivity (Wildman–Crippen MR) is 79.6 cm³/mol. The van der Waals surface area contributed by atoms with Gasteiger partial charge in [-0.25, -0.2) is 4.98 Å². The fraction of sp³-hybridized carbons (Fsp3) is 0.462. The second-order valence-electron chi connectivity index (χ2n) is 4.13. The average Bonchev–Trinajstić information content (AvgIpc) is 2.82. The van der Waals surface area contributed by atoms with E-state index in [9.17, 15) is 4.21 Å². The standard InChI is InChI=1S/C13H18N2OS2/c1-3-18(16)9-8-14-10(2)13-15-11-6-4-5-7-12(11)17-13/h4-7,10,14H,3,8-9H2,1-2H3. The quantitative estimate of drug-likeness (QED) is 0.886. The highest BCUT2D eigenvalue weighted by molar-refractivity contribution is 7.84. The Morgan fingerprint density at radius 1 is 1.44 bits per heavy atom. The van der Waals surface area contributed by atoms with E-state index in [2.05, 4.69) is 23.3 Å². The second-order valence-corrected chi connectivity index (χ2v) is 7.06. The predicted octanol–water partition coefficient (Wildman–Crippen LogP) is 2.72. The first-order chi connectivity index (χ1) is 8.70. The van der Waals surface area contributed by atoms with Crippen molar-refractivity contribution in [1.82, 2.24) is 10.3 Å². The fourth-order valence-electron chi connectivity index (χ4n) is 1.70. The minimum Gasteiger partial charge on any atom is -0.307 e. The molecule has 3 nitrogen and oxygen atoms in total. The molecule has 1 N–H and O–H groups in total. The average molecular weight is 282 g/mol. The van der Waals surface area contributed by atoms with Gasteiger partial charge in [-0.1, -0.05) is 19.1 Å². The lowest BCUT2D eigenvalue weighted by molar-refractivity contribution is 0.594. The lowest BCUT2D eigenvalue weighted by atomic mass is 10.3. The molecule has 0 bridgehead atoms. The first-order valence-corrected chi connectivity index (χ1v) is 8.45. The van der Waals surface area contributed by atoms with E-state index in [0.29, 0.717) is 5.75 Å². The molecule has 0 aliphatic rings. The molecule has 2 aromatic rings. The molecule has 1 aromatic carbocycles. The van der Waals surface area contributed by atoms with Crippen molar-refractivity contribution in [2.24, 2.45) is 0 Å². The minimum atomic E-state index is -0.694. The normalized spacial score (nSPS) is 14.8. The zero-order chi connectivity index (χ0) is 13.0. The van der Waals surface area contributed by atoms with Crippen LogP contribution in [-0.4, -0.2) is 27.2 Å². The smallest absolute Gasteiger partial charge is 0.111 e. The van der Waals surface area contributed by atoms with E-state index < -0.39 is 10.8 Å². The Morgan fingerprint density at radius 2 is 2.22 bits per heavy atom. The largest absolute Gasteiger partial charge is 0.307 e. The van der Waals surface area contributed by atoms with E-state index in [1.54, 1.807) is 11.3 Å². The zero-order valence-corrected chi connectivity index (χ0v) is 12.3. The van der Waals surface area contributed by atoms with Gasteiger partial charge in [0.2, 0.25) is 0 Å². The van der Waals surface area contributed by atoms with E-state index >= 15 is 0 Å². The van der Waals surface area contributed by atoms with Crippen molar-refractivity contribution in [3.8, 4) is 0 Å². The van der Waals surface area contributed by atoms with Gasteiger partial charge in [-0.05, 0) is 19.1 Å². The zero-order valence-electron chi connectivity index (χ0n) is 10.7. The molecule has 0 saturated heterocycles. The van der Waals surface area contributed by atoms with Crippen LogP contribution in [-0.2, 0) is 10.8 Å². The number of hydrogen-bond donors (Lipinski definition) is 1. The molecule has 0 radical (unpaired) electrons. The number of hydrogen-bond acceptors (Lipinski definition) is 4. The number of aromatic nitrogens is 1. The molecule has 0 fully saturated rings. The molecule has 0 spiro atoms. The van der Waals surface area contributed by atoms with Crippen molar-refractivity contribution in [2.45, 2.75) is 19.9 Å². The number of thiazole rings is 1. The van der Waals surface area contributed by atoms with Crippen LogP contribution in [0.3, 0.4) is 0 Å². The van der Waals surface area contributed by atoms with Crippen molar-refractivity contribution >= 4 is 32.4 Å². The van der Waals surface area contributed by atoms with Crippen LogP contribution in [0, 0.1) is 0 Å². The SMILES string of the molecule is CCS(=O)CCNC(C)c1nc2ccccc2s1. The van der Waals surface area contributed by atoms with E-state index in [1.165, 1.54) is 4.70 Å². The fourth-order valence-corrected chi connectivity index (χ4v) is 3.32. The summed E-state index contributed by atoms with van der Waals surface area (Å²) in [6.45, 7) is 4.83. The molecule has 0 aliphatic heterocycles. The first-order valence-electron chi connectivity index (χ1n) is 6.14. The maximum atomic E-state index is 11.3. The molecule has 98 valence electrons. The van der Waals surface area contributed by atoms with Crippen LogP contribution < -0.4 is 5.32 Å². The monoisotopic (exact) mass is 282 g/mol. The third-order valence-electron chi connectivity index (χ3n) is 2.78. The van der Waals surface area contributed by atoms with Crippen LogP contribution in [0.25, 0.3) is 10.2 Å². The van der Waals surface area contributed by atoms with Crippen LogP contribution in [0.4, 0.5) is 0 Å². The Balaban J connectivity index is 1.96. The molecule has 2 atom stereocenters. The van der Waals surface area contributed by atoms with Crippen molar-refractivity contribution in [1.29, 1.82) is 0 Å². The highest BCUT2D eigenvalue weighted by Gasteiger charge is 2.10. The lowest BCUT2D eigenvalue weighted by Gasteiger charge is -2.10. The summed E-state index contributed by atoms with van der Waals surface area (Å²) in [7, 11) is -0.694. The Labute approximate surface area is 114 Å². The summed E-state index contributed by atoms with van der Waals surface area (Å²) < 4.78 is 12.5. The van der Waals surface area contributed by atoms with Crippen molar-refractivity contribution in [3.05, 3.63) is 29.3 Å². The van der Waals surface area contributed by atoms with Crippen LogP contribution in [0.15, 0.2) is 24.3 Å². The third kappa shape index (κ3) is 3.37. The summed E-state index contributed by atoms with van der Waals surface area (Å²) in [6, 6.07) is 8.39. The Hall–Kier alpha value is -0.780. The van der Waals surface area contributed by atoms with Gasteiger partial charge in [0.1, 0.15) is 5.01 Å². The van der Waals surface area contributed by atoms with Gasteiger partial charge in [0.15, 0.2) is 0 Å². The minimum absolute atomic E-state index is 0.219. The van der Waals surface area contributed by atoms with Crippen LogP contribution in [0.5, 0.6) is 0 Å². The molecule has 2 unspecified atom stereocenters. The van der Waals surface area contributed by atoms with E-state index in [1.807, 2.05) is 25.1 Å². The topological polar surface area (TPSA) is 42.0 Å². The molecule has 18 heavy (non-hydrogen) atoms. The van der Waals surface area contributed by atoms with Gasteiger partial charge < -0.3 is 5.32 Å². The number of nitrogens with one attached hydrogen (secondary N) is 1. The number of rotatable bonds is 6. The van der Waals surface area contributed by atoms with Gasteiger partial charge in [0.05, 0.1) is 16.3 Å². The van der Waals surface area contributed by atoms with Crippen LogP contribution in [0.1, 0.15) is 24.9 Å². The first kappa shape index (κ1) is 13.6. The van der Waals surface area contributed by atoms with Crippen molar-refractivity contribution < 1.29 is 4.21 Å². The highest BCUT2D eigenvalue weighted by atomic mass is 32.2. The molecule has 1 aromatic heterocycles. The van der Waals surface area contributed by atoms with Gasteiger partial charge in [-0.3, -0.25) is 4.21 Å². The van der Waals surface area contributed by atoms with Crippen LogP contribution in [0.2, 0.25) is 0 Å². The van der Waals surface area contributed by atoms with E-state index in [-0.39, 0.29) is 6.04 Å². The molecule has 0 amide bonds. The third-order valence-corrected chi connectivity index (χ3v) is 5.31. The van der Waals surface area contributed by atoms with Gasteiger partial charge in [-0.15, -0.1) is 11.3 Å². The summed E-state index contributed by atoms with van der Waals surface area (Å²) in [5.74, 6) is 1.45. The van der Waals surface area contributed by atoms with E-state index in [4.69, 9.17) is 0 Å². The molecule has 2 rings (SSSR count). The summed E-state index contributed by atoms with van der Waals surface area (Å²) >= 11 is 1.72. The molecular weight excluding hydrogens is 264 g/mol. The van der Waals surface area contributed by atoms with Gasteiger partial charge in [-0.2, -0.15) is 0 Å².